The van der Waals surface area contributed by atoms with E-state index in [-0.39, 0.29) is 0 Å². The second-order valence-electron chi connectivity index (χ2n) is 4.59. The number of nitrogens with one attached hydrogen (secondary N) is 1. The first-order valence-electron chi connectivity index (χ1n) is 6.27. The van der Waals surface area contributed by atoms with E-state index in [0.717, 1.165) is 0 Å². The smallest absolute Gasteiger partial charge is 0.303 e. The molecule has 1 saturated heterocycles. The van der Waals surface area contributed by atoms with Gasteiger partial charge in [-0.1, -0.05) is 22.6 Å². The van der Waals surface area contributed by atoms with E-state index in [1.807, 2.05) is 22.6 Å². The summed E-state index contributed by atoms with van der Waals surface area (Å²) < 4.78 is 16.0. The van der Waals surface area contributed by atoms with Crippen LogP contribution in [-0.2, 0) is 28.6 Å². The maximum atomic E-state index is 11.3. The van der Waals surface area contributed by atoms with Gasteiger partial charge in [-0.15, -0.1) is 0 Å². The number of rotatable bonds is 4. The fourth-order valence-electron chi connectivity index (χ4n) is 2.10. The van der Waals surface area contributed by atoms with Crippen LogP contribution < -0.4 is 5.32 Å². The van der Waals surface area contributed by atoms with Crippen LogP contribution in [0.2, 0.25) is 0 Å². The van der Waals surface area contributed by atoms with Crippen molar-refractivity contribution < 1.29 is 33.7 Å². The van der Waals surface area contributed by atoms with Crippen LogP contribution in [0.4, 0.5) is 0 Å². The van der Waals surface area contributed by atoms with Gasteiger partial charge in [0.2, 0.25) is 5.91 Å². The normalized spacial score (nSPS) is 32.1. The van der Waals surface area contributed by atoms with Gasteiger partial charge in [0, 0.05) is 25.2 Å². The van der Waals surface area contributed by atoms with Gasteiger partial charge < -0.3 is 24.6 Å². The Bertz CT molecular complexity index is 416. The molecule has 1 aliphatic heterocycles. The molecule has 1 rings (SSSR count). The minimum absolute atomic E-state index is 0.400. The zero-order valence-corrected chi connectivity index (χ0v) is 14.0. The Balaban J connectivity index is 3.08. The van der Waals surface area contributed by atoms with Crippen LogP contribution in [0.25, 0.3) is 0 Å². The molecular formula is C12H18INO7. The van der Waals surface area contributed by atoms with E-state index in [9.17, 15) is 19.5 Å². The Morgan fingerprint density at radius 3 is 2.10 bits per heavy atom. The number of alkyl halides is 1. The quantitative estimate of drug-likeness (QED) is 0.362. The topological polar surface area (TPSA) is 111 Å². The van der Waals surface area contributed by atoms with Crippen molar-refractivity contribution in [3.63, 3.8) is 0 Å². The van der Waals surface area contributed by atoms with Gasteiger partial charge in [0.15, 0.2) is 18.5 Å². The summed E-state index contributed by atoms with van der Waals surface area (Å²) in [5.41, 5.74) is 0. The lowest BCUT2D eigenvalue weighted by Gasteiger charge is -2.43. The number of carbonyl (C=O) groups excluding carboxylic acids is 3. The highest BCUT2D eigenvalue weighted by molar-refractivity contribution is 14.1. The first-order chi connectivity index (χ1) is 9.76. The van der Waals surface area contributed by atoms with Crippen molar-refractivity contribution >= 4 is 40.4 Å². The fourth-order valence-corrected chi connectivity index (χ4v) is 2.81. The highest BCUT2D eigenvalue weighted by Crippen LogP contribution is 2.26. The van der Waals surface area contributed by atoms with Gasteiger partial charge in [-0.05, 0) is 0 Å². The number of carbonyl (C=O) groups is 3. The number of aliphatic hydroxyl groups is 1. The molecule has 8 nitrogen and oxygen atoms in total. The minimum atomic E-state index is -1.37. The molecule has 0 spiro atoms. The molecule has 0 bridgehead atoms. The average molecular weight is 415 g/mol. The van der Waals surface area contributed by atoms with E-state index < -0.39 is 48.5 Å². The van der Waals surface area contributed by atoms with Crippen molar-refractivity contribution in [2.24, 2.45) is 0 Å². The maximum Gasteiger partial charge on any atom is 0.303 e. The van der Waals surface area contributed by atoms with Crippen molar-refractivity contribution in [3.05, 3.63) is 0 Å². The highest BCUT2D eigenvalue weighted by atomic mass is 127. The second-order valence-corrected chi connectivity index (χ2v) is 5.47. The summed E-state index contributed by atoms with van der Waals surface area (Å²) in [7, 11) is 0. The SMILES string of the molecule is CC(=O)N[C@H]1[C@@H](OC(C)=O)[C@H](OC(C)=O)[C@@H](CI)O[C@@H]1O. The lowest BCUT2D eigenvalue weighted by atomic mass is 9.97. The molecule has 0 aromatic carbocycles. The third kappa shape index (κ3) is 5.08. The van der Waals surface area contributed by atoms with E-state index in [4.69, 9.17) is 14.2 Å². The Labute approximate surface area is 135 Å². The van der Waals surface area contributed by atoms with Gasteiger partial charge in [0.1, 0.15) is 12.1 Å². The molecule has 0 aliphatic carbocycles. The molecule has 120 valence electrons. The fraction of sp³-hybridized carbons (Fsp3) is 0.750. The van der Waals surface area contributed by atoms with Crippen molar-refractivity contribution in [2.45, 2.75) is 51.4 Å². The van der Waals surface area contributed by atoms with Crippen molar-refractivity contribution in [3.8, 4) is 0 Å². The van der Waals surface area contributed by atoms with Gasteiger partial charge in [-0.25, -0.2) is 0 Å². The second kappa shape index (κ2) is 7.90. The lowest BCUT2D eigenvalue weighted by Crippen LogP contribution is -2.65. The summed E-state index contributed by atoms with van der Waals surface area (Å²) in [6.07, 6.45) is -3.97. The molecule has 2 N–H and O–H groups in total. The Morgan fingerprint density at radius 1 is 1.14 bits per heavy atom. The molecule has 0 unspecified atom stereocenters. The van der Waals surface area contributed by atoms with Crippen LogP contribution in [0, 0.1) is 0 Å². The van der Waals surface area contributed by atoms with Gasteiger partial charge in [0.25, 0.3) is 0 Å². The molecule has 1 fully saturated rings. The molecule has 9 heteroatoms. The number of aliphatic hydroxyl groups excluding tert-OH is 1. The zero-order chi connectivity index (χ0) is 16.2. The van der Waals surface area contributed by atoms with Crippen LogP contribution in [-0.4, -0.2) is 58.0 Å². The first kappa shape index (κ1) is 18.1. The average Bonchev–Trinajstić information content (AvgIpc) is 2.35. The molecule has 1 amide bonds. The van der Waals surface area contributed by atoms with Crippen LogP contribution in [0.3, 0.4) is 0 Å². The number of hydrogen-bond donors (Lipinski definition) is 2. The number of ether oxygens (including phenoxy) is 3. The van der Waals surface area contributed by atoms with Crippen LogP contribution in [0.1, 0.15) is 20.8 Å². The van der Waals surface area contributed by atoms with Crippen LogP contribution >= 0.6 is 22.6 Å². The highest BCUT2D eigenvalue weighted by Gasteiger charge is 2.49. The molecule has 5 atom stereocenters. The van der Waals surface area contributed by atoms with Crippen LogP contribution in [0.15, 0.2) is 0 Å². The van der Waals surface area contributed by atoms with E-state index in [1.54, 1.807) is 0 Å². The maximum absolute atomic E-state index is 11.3. The monoisotopic (exact) mass is 415 g/mol. The number of hydrogen-bond acceptors (Lipinski definition) is 7. The number of halogens is 1. The predicted octanol–water partition coefficient (Wildman–Crippen LogP) is -0.493. The zero-order valence-electron chi connectivity index (χ0n) is 11.9. The largest absolute Gasteiger partial charge is 0.456 e. The minimum Gasteiger partial charge on any atom is -0.456 e. The Morgan fingerprint density at radius 2 is 1.67 bits per heavy atom. The predicted molar refractivity (Wildman–Crippen MR) is 78.5 cm³/mol. The van der Waals surface area contributed by atoms with Crippen LogP contribution in [0.5, 0.6) is 0 Å². The number of amides is 1. The van der Waals surface area contributed by atoms with Crippen molar-refractivity contribution in [1.82, 2.24) is 5.32 Å². The van der Waals surface area contributed by atoms with Crippen molar-refractivity contribution in [2.75, 3.05) is 4.43 Å². The molecule has 21 heavy (non-hydrogen) atoms. The third-order valence-electron chi connectivity index (χ3n) is 2.79. The molecular weight excluding hydrogens is 397 g/mol. The Kier molecular flexibility index (Phi) is 6.81. The summed E-state index contributed by atoms with van der Waals surface area (Å²) in [6, 6.07) is -1.02. The Hall–Kier alpha value is -0.940. The molecule has 0 saturated carbocycles. The third-order valence-corrected chi connectivity index (χ3v) is 3.66. The van der Waals surface area contributed by atoms with Gasteiger partial charge in [-0.3, -0.25) is 14.4 Å². The summed E-state index contributed by atoms with van der Waals surface area (Å²) in [4.78, 5) is 33.8. The molecule has 0 aromatic rings. The van der Waals surface area contributed by atoms with Gasteiger partial charge >= 0.3 is 11.9 Å². The summed E-state index contributed by atoms with van der Waals surface area (Å²) in [5.74, 6) is -1.63. The number of esters is 2. The van der Waals surface area contributed by atoms with E-state index >= 15 is 0 Å². The summed E-state index contributed by atoms with van der Waals surface area (Å²) in [5, 5.41) is 12.4. The molecule has 1 aliphatic rings. The standard InChI is InChI=1S/C12H18INO7/c1-5(15)14-9-11(20-7(3)17)10(19-6(2)16)8(4-13)21-12(9)18/h8-12,18H,4H2,1-3H3,(H,14,15)/t8-,9+,10-,11-,12+/m1/s1. The first-order valence-corrected chi connectivity index (χ1v) is 7.79. The van der Waals surface area contributed by atoms with Crippen molar-refractivity contribution in [1.29, 1.82) is 0 Å². The molecule has 0 radical (unpaired) electrons. The van der Waals surface area contributed by atoms with E-state index in [1.165, 1.54) is 20.8 Å². The van der Waals surface area contributed by atoms with Gasteiger partial charge in [-0.2, -0.15) is 0 Å². The van der Waals surface area contributed by atoms with E-state index in [0.29, 0.717) is 4.43 Å². The lowest BCUT2D eigenvalue weighted by molar-refractivity contribution is -0.252. The molecule has 0 aromatic heterocycles. The van der Waals surface area contributed by atoms with Gasteiger partial charge in [0.05, 0.1) is 0 Å². The van der Waals surface area contributed by atoms with E-state index in [2.05, 4.69) is 5.32 Å². The summed E-state index contributed by atoms with van der Waals surface area (Å²) >= 11 is 2.00. The molecule has 1 heterocycles. The summed E-state index contributed by atoms with van der Waals surface area (Å²) in [6.45, 7) is 3.66.